The quantitative estimate of drug-likeness (QED) is 0.873. The van der Waals surface area contributed by atoms with Crippen molar-refractivity contribution in [2.75, 3.05) is 7.11 Å². The van der Waals surface area contributed by atoms with Gasteiger partial charge >= 0.3 is 0 Å². The predicted octanol–water partition coefficient (Wildman–Crippen LogP) is 3.84. The van der Waals surface area contributed by atoms with E-state index in [4.69, 9.17) is 4.74 Å². The van der Waals surface area contributed by atoms with Crippen molar-refractivity contribution in [1.29, 1.82) is 0 Å². The normalized spacial score (nSPS) is 11.5. The lowest BCUT2D eigenvalue weighted by Gasteiger charge is -2.14. The van der Waals surface area contributed by atoms with Gasteiger partial charge in [0.05, 0.1) is 7.11 Å². The van der Waals surface area contributed by atoms with Crippen LogP contribution in [0.25, 0.3) is 0 Å². The van der Waals surface area contributed by atoms with Crippen LogP contribution in [0.2, 0.25) is 0 Å². The van der Waals surface area contributed by atoms with Gasteiger partial charge in [0.2, 0.25) is 0 Å². The van der Waals surface area contributed by atoms with Crippen LogP contribution in [0.1, 0.15) is 18.1 Å². The number of hydrogen-bond acceptors (Lipinski definition) is 2. The lowest BCUT2D eigenvalue weighted by molar-refractivity contribution is 0.414. The Morgan fingerprint density at radius 3 is 2.20 bits per heavy atom. The molecule has 0 aliphatic rings. The molecule has 2 nitrogen and oxygen atoms in total. The van der Waals surface area contributed by atoms with Crippen LogP contribution in [0.3, 0.4) is 0 Å². The van der Waals surface area contributed by atoms with Gasteiger partial charge in [-0.05, 0) is 36.6 Å². The monoisotopic (exact) mass is 291 g/mol. The summed E-state index contributed by atoms with van der Waals surface area (Å²) in [5.74, 6) is 0.911. The van der Waals surface area contributed by atoms with Crippen molar-refractivity contribution < 1.29 is 4.74 Å². The highest BCUT2D eigenvalue weighted by Crippen LogP contribution is 2.12. The molecule has 0 aliphatic heterocycles. The van der Waals surface area contributed by atoms with E-state index in [2.05, 4.69) is 48.6 Å². The Morgan fingerprint density at radius 2 is 1.60 bits per heavy atom. The maximum atomic E-state index is 5.16. The van der Waals surface area contributed by atoms with Gasteiger partial charge in [-0.25, -0.2) is 0 Å². The van der Waals surface area contributed by atoms with Gasteiger partial charge in [-0.15, -0.1) is 12.4 Å². The summed E-state index contributed by atoms with van der Waals surface area (Å²) < 4.78 is 5.16. The lowest BCUT2D eigenvalue weighted by Crippen LogP contribution is -2.27. The molecule has 0 heterocycles. The lowest BCUT2D eigenvalue weighted by atomic mass is 10.1. The van der Waals surface area contributed by atoms with Gasteiger partial charge in [-0.1, -0.05) is 42.5 Å². The first-order valence-electron chi connectivity index (χ1n) is 6.68. The Morgan fingerprint density at radius 1 is 0.950 bits per heavy atom. The second-order valence-electron chi connectivity index (χ2n) is 4.82. The number of benzene rings is 2. The smallest absolute Gasteiger partial charge is 0.118 e. The van der Waals surface area contributed by atoms with Crippen LogP contribution in [-0.2, 0) is 13.0 Å². The Labute approximate surface area is 127 Å². The summed E-state index contributed by atoms with van der Waals surface area (Å²) in [5, 5.41) is 3.54. The van der Waals surface area contributed by atoms with Crippen molar-refractivity contribution in [3.63, 3.8) is 0 Å². The van der Waals surface area contributed by atoms with Crippen molar-refractivity contribution in [2.24, 2.45) is 0 Å². The molecule has 2 aromatic rings. The summed E-state index contributed by atoms with van der Waals surface area (Å²) >= 11 is 0. The summed E-state index contributed by atoms with van der Waals surface area (Å²) in [6.07, 6.45) is 1.02. The second-order valence-corrected chi connectivity index (χ2v) is 4.82. The molecule has 0 fully saturated rings. The van der Waals surface area contributed by atoms with Crippen LogP contribution in [0.4, 0.5) is 0 Å². The first kappa shape index (κ1) is 16.5. The minimum atomic E-state index is 0. The zero-order chi connectivity index (χ0) is 13.5. The molecule has 0 saturated carbocycles. The van der Waals surface area contributed by atoms with E-state index in [0.29, 0.717) is 6.04 Å². The second kappa shape index (κ2) is 8.62. The third-order valence-electron chi connectivity index (χ3n) is 3.20. The fraction of sp³-hybridized carbons (Fsp3) is 0.294. The van der Waals surface area contributed by atoms with E-state index >= 15 is 0 Å². The Balaban J connectivity index is 0.00000200. The van der Waals surface area contributed by atoms with Crippen LogP contribution in [-0.4, -0.2) is 13.2 Å². The zero-order valence-electron chi connectivity index (χ0n) is 12.0. The molecule has 20 heavy (non-hydrogen) atoms. The molecule has 108 valence electrons. The minimum Gasteiger partial charge on any atom is -0.497 e. The number of ether oxygens (including phenoxy) is 1. The summed E-state index contributed by atoms with van der Waals surface area (Å²) in [5.41, 5.74) is 2.65. The molecule has 1 atom stereocenters. The van der Waals surface area contributed by atoms with E-state index in [1.54, 1.807) is 7.11 Å². The molecule has 2 aromatic carbocycles. The maximum Gasteiger partial charge on any atom is 0.118 e. The molecule has 0 bridgehead atoms. The van der Waals surface area contributed by atoms with E-state index in [0.717, 1.165) is 18.7 Å². The Bertz CT molecular complexity index is 484. The molecule has 0 radical (unpaired) electrons. The standard InChI is InChI=1S/C17H21NO.ClH/c1-14(18-13-16-6-4-3-5-7-16)12-15-8-10-17(19-2)11-9-15;/h3-11,14,18H,12-13H2,1-2H3;1H/t14-;/m1./s1. The van der Waals surface area contributed by atoms with Gasteiger partial charge < -0.3 is 10.1 Å². The first-order chi connectivity index (χ1) is 9.28. The van der Waals surface area contributed by atoms with Crippen LogP contribution in [0.5, 0.6) is 5.75 Å². The van der Waals surface area contributed by atoms with Crippen molar-refractivity contribution in [3.05, 3.63) is 65.7 Å². The van der Waals surface area contributed by atoms with Gasteiger partial charge in [-0.3, -0.25) is 0 Å². The minimum absolute atomic E-state index is 0. The van der Waals surface area contributed by atoms with Gasteiger partial charge in [0.25, 0.3) is 0 Å². The largest absolute Gasteiger partial charge is 0.497 e. The molecular formula is C17H22ClNO. The Kier molecular flexibility index (Phi) is 7.13. The fourth-order valence-corrected chi connectivity index (χ4v) is 2.08. The van der Waals surface area contributed by atoms with Gasteiger partial charge in [0.1, 0.15) is 5.75 Å². The average molecular weight is 292 g/mol. The Hall–Kier alpha value is -1.51. The fourth-order valence-electron chi connectivity index (χ4n) is 2.08. The van der Waals surface area contributed by atoms with Crippen molar-refractivity contribution >= 4 is 12.4 Å². The third kappa shape index (κ3) is 5.24. The van der Waals surface area contributed by atoms with E-state index in [9.17, 15) is 0 Å². The molecule has 0 aromatic heterocycles. The molecule has 3 heteroatoms. The number of nitrogens with one attached hydrogen (secondary N) is 1. The van der Waals surface area contributed by atoms with Crippen LogP contribution < -0.4 is 10.1 Å². The van der Waals surface area contributed by atoms with Crippen LogP contribution >= 0.6 is 12.4 Å². The average Bonchev–Trinajstić information content (AvgIpc) is 2.47. The molecular weight excluding hydrogens is 270 g/mol. The highest BCUT2D eigenvalue weighted by Gasteiger charge is 2.03. The number of methoxy groups -OCH3 is 1. The SMILES string of the molecule is COc1ccc(C[C@@H](C)NCc2ccccc2)cc1.Cl. The molecule has 0 saturated heterocycles. The highest BCUT2D eigenvalue weighted by atomic mass is 35.5. The van der Waals surface area contributed by atoms with Gasteiger partial charge in [0.15, 0.2) is 0 Å². The molecule has 0 aliphatic carbocycles. The van der Waals surface area contributed by atoms with E-state index < -0.39 is 0 Å². The maximum absolute atomic E-state index is 5.16. The molecule has 0 amide bonds. The number of halogens is 1. The van der Waals surface area contributed by atoms with E-state index in [1.165, 1.54) is 11.1 Å². The highest BCUT2D eigenvalue weighted by molar-refractivity contribution is 5.85. The molecule has 0 spiro atoms. The molecule has 1 N–H and O–H groups in total. The van der Waals surface area contributed by atoms with Crippen molar-refractivity contribution in [2.45, 2.75) is 25.9 Å². The number of hydrogen-bond donors (Lipinski definition) is 1. The summed E-state index contributed by atoms with van der Waals surface area (Å²) in [6.45, 7) is 3.13. The van der Waals surface area contributed by atoms with Crippen molar-refractivity contribution in [3.8, 4) is 5.75 Å². The van der Waals surface area contributed by atoms with Crippen LogP contribution in [0, 0.1) is 0 Å². The third-order valence-corrected chi connectivity index (χ3v) is 3.20. The summed E-state index contributed by atoms with van der Waals surface area (Å²) in [7, 11) is 1.69. The zero-order valence-corrected chi connectivity index (χ0v) is 12.8. The van der Waals surface area contributed by atoms with Gasteiger partial charge in [0, 0.05) is 12.6 Å². The van der Waals surface area contributed by atoms with Gasteiger partial charge in [-0.2, -0.15) is 0 Å². The first-order valence-corrected chi connectivity index (χ1v) is 6.68. The van der Waals surface area contributed by atoms with E-state index in [-0.39, 0.29) is 12.4 Å². The summed E-state index contributed by atoms with van der Waals surface area (Å²) in [4.78, 5) is 0. The topological polar surface area (TPSA) is 21.3 Å². The molecule has 0 unspecified atom stereocenters. The predicted molar refractivity (Wildman–Crippen MR) is 86.7 cm³/mol. The van der Waals surface area contributed by atoms with Crippen LogP contribution in [0.15, 0.2) is 54.6 Å². The molecule has 2 rings (SSSR count). The van der Waals surface area contributed by atoms with E-state index in [1.807, 2.05) is 18.2 Å². The summed E-state index contributed by atoms with van der Waals surface area (Å²) in [6, 6.07) is 19.2. The van der Waals surface area contributed by atoms with Crippen molar-refractivity contribution in [1.82, 2.24) is 5.32 Å². The number of rotatable bonds is 6.